The number of nitrogens with one attached hydrogen (secondary N) is 1. The van der Waals surface area contributed by atoms with Gasteiger partial charge in [-0.05, 0) is 38.5 Å². The van der Waals surface area contributed by atoms with E-state index in [-0.39, 0.29) is 11.5 Å². The van der Waals surface area contributed by atoms with Crippen LogP contribution in [0.1, 0.15) is 17.0 Å². The minimum absolute atomic E-state index is 0.118. The SMILES string of the molecule is Cc1cc(C)n2nc(S(=O)(=O)Nc3c(C)cccc3F)nc2n1. The maximum Gasteiger partial charge on any atom is 0.299 e. The van der Waals surface area contributed by atoms with E-state index in [0.717, 1.165) is 0 Å². The second-order valence-corrected chi connectivity index (χ2v) is 6.76. The van der Waals surface area contributed by atoms with E-state index < -0.39 is 21.0 Å². The molecule has 2 aromatic heterocycles. The molecule has 0 aliphatic carbocycles. The first-order chi connectivity index (χ1) is 10.8. The first-order valence-electron chi connectivity index (χ1n) is 6.77. The smallest absolute Gasteiger partial charge is 0.274 e. The second-order valence-electron chi connectivity index (χ2n) is 5.18. The van der Waals surface area contributed by atoms with Gasteiger partial charge in [0.05, 0.1) is 5.69 Å². The molecular weight excluding hydrogens is 321 g/mol. The predicted octanol–water partition coefficient (Wildman–Crippen LogP) is 1.99. The van der Waals surface area contributed by atoms with E-state index in [1.165, 1.54) is 16.6 Å². The molecule has 1 N–H and O–H groups in total. The standard InChI is InChI=1S/C14H14FN5O2S/c1-8-5-4-6-11(15)12(8)19-23(21,22)14-17-13-16-9(2)7-10(3)20(13)18-14/h4-7,19H,1-3H3. The molecule has 0 radical (unpaired) electrons. The summed E-state index contributed by atoms with van der Waals surface area (Å²) in [7, 11) is -4.12. The Labute approximate surface area is 132 Å². The maximum atomic E-state index is 13.8. The fourth-order valence-corrected chi connectivity index (χ4v) is 3.21. The quantitative estimate of drug-likeness (QED) is 0.790. The number of para-hydroxylation sites is 1. The average molecular weight is 335 g/mol. The number of aromatic nitrogens is 4. The van der Waals surface area contributed by atoms with Crippen molar-refractivity contribution in [2.45, 2.75) is 25.9 Å². The molecule has 0 bridgehead atoms. The van der Waals surface area contributed by atoms with Gasteiger partial charge in [0.25, 0.3) is 21.0 Å². The van der Waals surface area contributed by atoms with Crippen LogP contribution in [0.15, 0.2) is 29.4 Å². The molecular formula is C14H14FN5O2S. The molecule has 0 spiro atoms. The van der Waals surface area contributed by atoms with Gasteiger partial charge in [0.1, 0.15) is 5.82 Å². The summed E-state index contributed by atoms with van der Waals surface area (Å²) in [5.41, 5.74) is 1.74. The maximum absolute atomic E-state index is 13.8. The second kappa shape index (κ2) is 5.27. The summed E-state index contributed by atoms with van der Waals surface area (Å²) >= 11 is 0. The number of benzene rings is 1. The molecule has 0 aliphatic heterocycles. The van der Waals surface area contributed by atoms with Crippen LogP contribution in [0.2, 0.25) is 0 Å². The highest BCUT2D eigenvalue weighted by Crippen LogP contribution is 2.22. The van der Waals surface area contributed by atoms with Crippen LogP contribution in [0.5, 0.6) is 0 Å². The van der Waals surface area contributed by atoms with Gasteiger partial charge in [-0.2, -0.15) is 13.4 Å². The van der Waals surface area contributed by atoms with Crippen LogP contribution in [0.4, 0.5) is 10.1 Å². The largest absolute Gasteiger partial charge is 0.299 e. The van der Waals surface area contributed by atoms with Crippen molar-refractivity contribution in [3.05, 3.63) is 47.0 Å². The minimum Gasteiger partial charge on any atom is -0.274 e. The fraction of sp³-hybridized carbons (Fsp3) is 0.214. The molecule has 23 heavy (non-hydrogen) atoms. The third-order valence-electron chi connectivity index (χ3n) is 3.30. The highest BCUT2D eigenvalue weighted by molar-refractivity contribution is 7.92. The number of aryl methyl sites for hydroxylation is 3. The number of fused-ring (bicyclic) bond motifs is 1. The lowest BCUT2D eigenvalue weighted by atomic mass is 10.2. The van der Waals surface area contributed by atoms with Gasteiger partial charge in [-0.15, -0.1) is 5.10 Å². The Morgan fingerprint density at radius 2 is 1.91 bits per heavy atom. The van der Waals surface area contributed by atoms with Crippen molar-refractivity contribution in [1.29, 1.82) is 0 Å². The van der Waals surface area contributed by atoms with E-state index in [4.69, 9.17) is 0 Å². The van der Waals surface area contributed by atoms with Crippen LogP contribution in [0, 0.1) is 26.6 Å². The van der Waals surface area contributed by atoms with Crippen LogP contribution >= 0.6 is 0 Å². The van der Waals surface area contributed by atoms with Gasteiger partial charge in [0.15, 0.2) is 0 Å². The van der Waals surface area contributed by atoms with E-state index in [1.807, 2.05) is 0 Å². The summed E-state index contributed by atoms with van der Waals surface area (Å²) < 4.78 is 42.2. The summed E-state index contributed by atoms with van der Waals surface area (Å²) in [4.78, 5) is 8.07. The summed E-state index contributed by atoms with van der Waals surface area (Å²) in [5.74, 6) is -0.490. The van der Waals surface area contributed by atoms with E-state index >= 15 is 0 Å². The Hall–Kier alpha value is -2.55. The molecule has 9 heteroatoms. The molecule has 3 aromatic rings. The normalized spacial score (nSPS) is 11.8. The third-order valence-corrected chi connectivity index (χ3v) is 4.42. The van der Waals surface area contributed by atoms with Crippen LogP contribution in [0.3, 0.4) is 0 Å². The van der Waals surface area contributed by atoms with Crippen LogP contribution in [0.25, 0.3) is 5.78 Å². The molecule has 0 unspecified atom stereocenters. The lowest BCUT2D eigenvalue weighted by Gasteiger charge is -2.08. The Kier molecular flexibility index (Phi) is 3.52. The van der Waals surface area contributed by atoms with Gasteiger partial charge in [0, 0.05) is 11.4 Å². The fourth-order valence-electron chi connectivity index (χ4n) is 2.20. The Morgan fingerprint density at radius 3 is 2.61 bits per heavy atom. The first-order valence-corrected chi connectivity index (χ1v) is 8.25. The predicted molar refractivity (Wildman–Crippen MR) is 82.2 cm³/mol. The lowest BCUT2D eigenvalue weighted by Crippen LogP contribution is -2.16. The van der Waals surface area contributed by atoms with Crippen LogP contribution < -0.4 is 4.72 Å². The van der Waals surface area contributed by atoms with Crippen molar-refractivity contribution in [1.82, 2.24) is 19.6 Å². The molecule has 0 atom stereocenters. The zero-order valence-corrected chi connectivity index (χ0v) is 13.5. The van der Waals surface area contributed by atoms with E-state index in [2.05, 4.69) is 19.8 Å². The molecule has 2 heterocycles. The Bertz CT molecular complexity index is 993. The number of sulfonamides is 1. The first kappa shape index (κ1) is 15.3. The zero-order valence-electron chi connectivity index (χ0n) is 12.7. The monoisotopic (exact) mass is 335 g/mol. The van der Waals surface area contributed by atoms with Crippen molar-refractivity contribution in [3.63, 3.8) is 0 Å². The zero-order chi connectivity index (χ0) is 16.8. The average Bonchev–Trinajstić information content (AvgIpc) is 2.88. The molecule has 7 nitrogen and oxygen atoms in total. The Morgan fingerprint density at radius 1 is 1.17 bits per heavy atom. The molecule has 0 fully saturated rings. The summed E-state index contributed by atoms with van der Waals surface area (Å²) in [6, 6.07) is 6.04. The van der Waals surface area contributed by atoms with Gasteiger partial charge < -0.3 is 0 Å². The molecule has 1 aromatic carbocycles. The topological polar surface area (TPSA) is 89.3 Å². The van der Waals surface area contributed by atoms with Crippen molar-refractivity contribution < 1.29 is 12.8 Å². The van der Waals surface area contributed by atoms with E-state index in [9.17, 15) is 12.8 Å². The molecule has 0 saturated carbocycles. The number of anilines is 1. The summed E-state index contributed by atoms with van der Waals surface area (Å²) in [6.07, 6.45) is 0. The minimum atomic E-state index is -4.12. The highest BCUT2D eigenvalue weighted by atomic mass is 32.2. The van der Waals surface area contributed by atoms with Gasteiger partial charge in [-0.25, -0.2) is 13.9 Å². The van der Waals surface area contributed by atoms with Gasteiger partial charge in [-0.3, -0.25) is 4.72 Å². The molecule has 0 saturated heterocycles. The van der Waals surface area contributed by atoms with Crippen molar-refractivity contribution >= 4 is 21.5 Å². The lowest BCUT2D eigenvalue weighted by molar-refractivity contribution is 0.589. The molecule has 0 amide bonds. The van der Waals surface area contributed by atoms with Crippen molar-refractivity contribution in [2.24, 2.45) is 0 Å². The summed E-state index contributed by atoms with van der Waals surface area (Å²) in [6.45, 7) is 5.14. The van der Waals surface area contributed by atoms with Crippen LogP contribution in [-0.2, 0) is 10.0 Å². The number of hydrogen-bond donors (Lipinski definition) is 1. The van der Waals surface area contributed by atoms with Gasteiger partial charge in [0.2, 0.25) is 0 Å². The number of nitrogens with zero attached hydrogens (tertiary/aromatic N) is 4. The molecule has 3 rings (SSSR count). The number of halogens is 1. The van der Waals surface area contributed by atoms with Gasteiger partial charge >= 0.3 is 0 Å². The van der Waals surface area contributed by atoms with E-state index in [0.29, 0.717) is 17.0 Å². The highest BCUT2D eigenvalue weighted by Gasteiger charge is 2.23. The Balaban J connectivity index is 2.08. The van der Waals surface area contributed by atoms with Crippen LogP contribution in [-0.4, -0.2) is 28.0 Å². The molecule has 120 valence electrons. The van der Waals surface area contributed by atoms with E-state index in [1.54, 1.807) is 32.9 Å². The number of rotatable bonds is 3. The van der Waals surface area contributed by atoms with Crippen molar-refractivity contribution in [3.8, 4) is 0 Å². The molecule has 0 aliphatic rings. The summed E-state index contributed by atoms with van der Waals surface area (Å²) in [5, 5.41) is 3.49. The number of hydrogen-bond acceptors (Lipinski definition) is 5. The third kappa shape index (κ3) is 2.74. The van der Waals surface area contributed by atoms with Crippen molar-refractivity contribution in [2.75, 3.05) is 4.72 Å². The van der Waals surface area contributed by atoms with Gasteiger partial charge in [-0.1, -0.05) is 12.1 Å².